The molecule has 0 aliphatic carbocycles. The Bertz CT molecular complexity index is 435. The molecule has 0 amide bonds. The van der Waals surface area contributed by atoms with Crippen molar-refractivity contribution < 1.29 is 14.3 Å². The Morgan fingerprint density at radius 3 is 2.55 bits per heavy atom. The molecule has 1 atom stereocenters. The summed E-state index contributed by atoms with van der Waals surface area (Å²) in [5.41, 5.74) is -1.02. The highest BCUT2D eigenvalue weighted by atomic mass is 19.1. The minimum absolute atomic E-state index is 0.297. The van der Waals surface area contributed by atoms with Crippen LogP contribution in [0, 0.1) is 5.82 Å². The van der Waals surface area contributed by atoms with Crippen molar-refractivity contribution in [2.75, 3.05) is 26.2 Å². The van der Waals surface area contributed by atoms with Crippen molar-refractivity contribution in [1.29, 1.82) is 0 Å². The molecule has 0 fully saturated rings. The van der Waals surface area contributed by atoms with Gasteiger partial charge >= 0.3 is 5.97 Å². The van der Waals surface area contributed by atoms with E-state index < -0.39 is 17.3 Å². The molecular formula is C14H22FN3O2. The number of carboxylic acid groups (broad SMARTS) is 1. The smallest absolute Gasteiger partial charge is 0.329 e. The van der Waals surface area contributed by atoms with Crippen LogP contribution in [0.3, 0.4) is 0 Å². The molecular weight excluding hydrogens is 261 g/mol. The van der Waals surface area contributed by atoms with E-state index in [2.05, 4.69) is 29.0 Å². The molecule has 0 aliphatic heterocycles. The lowest BCUT2D eigenvalue weighted by molar-refractivity contribution is -0.144. The second kappa shape index (κ2) is 7.31. The molecule has 0 saturated carbocycles. The Labute approximate surface area is 118 Å². The van der Waals surface area contributed by atoms with Gasteiger partial charge in [0.1, 0.15) is 5.82 Å². The Morgan fingerprint density at radius 1 is 1.45 bits per heavy atom. The molecule has 1 heterocycles. The highest BCUT2D eigenvalue weighted by Gasteiger charge is 2.36. The number of carbonyl (C=O) groups is 1. The molecule has 1 aromatic heterocycles. The van der Waals surface area contributed by atoms with Gasteiger partial charge in [0, 0.05) is 13.1 Å². The van der Waals surface area contributed by atoms with Crippen molar-refractivity contribution in [1.82, 2.24) is 15.2 Å². The predicted octanol–water partition coefficient (Wildman–Crippen LogP) is 1.45. The fourth-order valence-electron chi connectivity index (χ4n) is 1.95. The summed E-state index contributed by atoms with van der Waals surface area (Å²) in [6.07, 6.45) is 1.03. The van der Waals surface area contributed by atoms with E-state index in [-0.39, 0.29) is 0 Å². The summed E-state index contributed by atoms with van der Waals surface area (Å²) in [5, 5.41) is 12.4. The monoisotopic (exact) mass is 283 g/mol. The van der Waals surface area contributed by atoms with Gasteiger partial charge in [0.2, 0.25) is 0 Å². The maximum Gasteiger partial charge on any atom is 0.329 e. The van der Waals surface area contributed by atoms with Gasteiger partial charge < -0.3 is 10.0 Å². The van der Waals surface area contributed by atoms with Crippen molar-refractivity contribution in [2.45, 2.75) is 26.3 Å². The lowest BCUT2D eigenvalue weighted by atomic mass is 9.97. The van der Waals surface area contributed by atoms with Crippen LogP contribution in [0.2, 0.25) is 0 Å². The molecule has 5 nitrogen and oxygen atoms in total. The zero-order chi connectivity index (χ0) is 15.2. The molecule has 0 saturated heterocycles. The quantitative estimate of drug-likeness (QED) is 0.756. The standard InChI is InChI=1S/C14H22FN3O2/c1-4-18(5-2)9-8-17-14(3,13(19)20)12-7-6-11(15)10-16-12/h6-7,10,17H,4-5,8-9H2,1-3H3,(H,19,20). The highest BCUT2D eigenvalue weighted by Crippen LogP contribution is 2.18. The average Bonchev–Trinajstić information content (AvgIpc) is 2.44. The number of carboxylic acids is 1. The number of pyridine rings is 1. The van der Waals surface area contributed by atoms with E-state index >= 15 is 0 Å². The molecule has 0 radical (unpaired) electrons. The predicted molar refractivity (Wildman–Crippen MR) is 75.0 cm³/mol. The number of nitrogens with zero attached hydrogens (tertiary/aromatic N) is 2. The van der Waals surface area contributed by atoms with Crippen LogP contribution < -0.4 is 5.32 Å². The van der Waals surface area contributed by atoms with Crippen LogP contribution in [0.25, 0.3) is 0 Å². The summed E-state index contributed by atoms with van der Waals surface area (Å²) in [6, 6.07) is 2.61. The zero-order valence-corrected chi connectivity index (χ0v) is 12.2. The highest BCUT2D eigenvalue weighted by molar-refractivity contribution is 5.79. The molecule has 0 spiro atoms. The van der Waals surface area contributed by atoms with Crippen LogP contribution >= 0.6 is 0 Å². The normalized spacial score (nSPS) is 14.2. The summed E-state index contributed by atoms with van der Waals surface area (Å²) < 4.78 is 12.9. The average molecular weight is 283 g/mol. The summed E-state index contributed by atoms with van der Waals surface area (Å²) in [7, 11) is 0. The SMILES string of the molecule is CCN(CC)CCNC(C)(C(=O)O)c1ccc(F)cn1. The number of likely N-dealkylation sites (N-methyl/N-ethyl adjacent to an activating group) is 1. The third-order valence-electron chi connectivity index (χ3n) is 3.47. The molecule has 20 heavy (non-hydrogen) atoms. The second-order valence-corrected chi connectivity index (χ2v) is 4.75. The fourth-order valence-corrected chi connectivity index (χ4v) is 1.95. The van der Waals surface area contributed by atoms with Gasteiger partial charge in [-0.1, -0.05) is 13.8 Å². The zero-order valence-electron chi connectivity index (χ0n) is 12.2. The Hall–Kier alpha value is -1.53. The van der Waals surface area contributed by atoms with E-state index in [0.29, 0.717) is 12.2 Å². The van der Waals surface area contributed by atoms with Crippen LogP contribution in [0.5, 0.6) is 0 Å². The Kier molecular flexibility index (Phi) is 6.04. The minimum atomic E-state index is -1.32. The van der Waals surface area contributed by atoms with Gasteiger partial charge in [-0.2, -0.15) is 0 Å². The molecule has 1 aromatic rings. The topological polar surface area (TPSA) is 65.5 Å². The number of aromatic nitrogens is 1. The van der Waals surface area contributed by atoms with Crippen molar-refractivity contribution in [2.24, 2.45) is 0 Å². The Morgan fingerprint density at radius 2 is 2.10 bits per heavy atom. The maximum absolute atomic E-state index is 12.9. The van der Waals surface area contributed by atoms with Crippen molar-refractivity contribution >= 4 is 5.97 Å². The van der Waals surface area contributed by atoms with Crippen LogP contribution in [-0.2, 0) is 10.3 Å². The molecule has 0 aromatic carbocycles. The van der Waals surface area contributed by atoms with Gasteiger partial charge in [0.05, 0.1) is 11.9 Å². The molecule has 0 bridgehead atoms. The van der Waals surface area contributed by atoms with Crippen LogP contribution in [0.4, 0.5) is 4.39 Å². The van der Waals surface area contributed by atoms with Gasteiger partial charge in [0.25, 0.3) is 0 Å². The minimum Gasteiger partial charge on any atom is -0.480 e. The van der Waals surface area contributed by atoms with E-state index in [4.69, 9.17) is 0 Å². The summed E-state index contributed by atoms with van der Waals surface area (Å²) in [4.78, 5) is 17.6. The van der Waals surface area contributed by atoms with Gasteiger partial charge in [-0.05, 0) is 32.1 Å². The van der Waals surface area contributed by atoms with E-state index in [1.54, 1.807) is 0 Å². The van der Waals surface area contributed by atoms with E-state index in [9.17, 15) is 14.3 Å². The maximum atomic E-state index is 12.9. The van der Waals surface area contributed by atoms with E-state index in [0.717, 1.165) is 25.8 Å². The van der Waals surface area contributed by atoms with Crippen LogP contribution in [0.1, 0.15) is 26.5 Å². The number of hydrogen-bond acceptors (Lipinski definition) is 4. The first-order chi connectivity index (χ1) is 9.43. The largest absolute Gasteiger partial charge is 0.480 e. The van der Waals surface area contributed by atoms with Gasteiger partial charge in [-0.25, -0.2) is 9.18 Å². The summed E-state index contributed by atoms with van der Waals surface area (Å²) in [5.74, 6) is -1.51. The molecule has 6 heteroatoms. The number of nitrogens with one attached hydrogen (secondary N) is 1. The summed E-state index contributed by atoms with van der Waals surface area (Å²) in [6.45, 7) is 8.74. The van der Waals surface area contributed by atoms with Gasteiger partial charge in [0.15, 0.2) is 5.54 Å². The van der Waals surface area contributed by atoms with E-state index in [1.807, 2.05) is 0 Å². The molecule has 2 N–H and O–H groups in total. The third-order valence-corrected chi connectivity index (χ3v) is 3.47. The van der Waals surface area contributed by atoms with Crippen LogP contribution in [-0.4, -0.2) is 47.1 Å². The molecule has 1 unspecified atom stereocenters. The lowest BCUT2D eigenvalue weighted by Crippen LogP contribution is -2.49. The molecule has 0 aliphatic rings. The second-order valence-electron chi connectivity index (χ2n) is 4.75. The van der Waals surface area contributed by atoms with Gasteiger partial charge in [-0.3, -0.25) is 10.3 Å². The first kappa shape index (κ1) is 16.5. The van der Waals surface area contributed by atoms with Crippen molar-refractivity contribution in [3.63, 3.8) is 0 Å². The van der Waals surface area contributed by atoms with Gasteiger partial charge in [-0.15, -0.1) is 0 Å². The Balaban J connectivity index is 2.77. The van der Waals surface area contributed by atoms with Crippen LogP contribution in [0.15, 0.2) is 18.3 Å². The van der Waals surface area contributed by atoms with E-state index in [1.165, 1.54) is 19.1 Å². The number of aliphatic carboxylic acids is 1. The number of hydrogen-bond donors (Lipinski definition) is 2. The fraction of sp³-hybridized carbons (Fsp3) is 0.571. The number of rotatable bonds is 8. The third kappa shape index (κ3) is 3.98. The first-order valence-corrected chi connectivity index (χ1v) is 6.76. The first-order valence-electron chi connectivity index (χ1n) is 6.76. The summed E-state index contributed by atoms with van der Waals surface area (Å²) >= 11 is 0. The lowest BCUT2D eigenvalue weighted by Gasteiger charge is -2.27. The molecule has 112 valence electrons. The van der Waals surface area contributed by atoms with Crippen molar-refractivity contribution in [3.05, 3.63) is 29.8 Å². The number of halogens is 1. The molecule has 1 rings (SSSR count). The van der Waals surface area contributed by atoms with Crippen molar-refractivity contribution in [3.8, 4) is 0 Å².